The van der Waals surface area contributed by atoms with E-state index < -0.39 is 21.8 Å². The molecule has 3 nitrogen and oxygen atoms in total. The van der Waals surface area contributed by atoms with Gasteiger partial charge in [-0.3, -0.25) is 4.21 Å². The molecule has 0 spiro atoms. The molecule has 21 heavy (non-hydrogen) atoms. The number of ether oxygens (including phenoxy) is 1. The molecule has 4 atom stereocenters. The van der Waals surface area contributed by atoms with Crippen LogP contribution in [0.3, 0.4) is 0 Å². The van der Waals surface area contributed by atoms with Gasteiger partial charge in [-0.25, -0.2) is 0 Å². The number of benzene rings is 1. The van der Waals surface area contributed by atoms with Crippen molar-refractivity contribution in [2.45, 2.75) is 69.0 Å². The minimum atomic E-state index is -1.35. The fraction of sp³-hybridized carbons (Fsp3) is 0.647. The summed E-state index contributed by atoms with van der Waals surface area (Å²) in [7, 11) is -1.35. The van der Waals surface area contributed by atoms with Crippen LogP contribution in [0.15, 0.2) is 29.2 Å². The van der Waals surface area contributed by atoms with Crippen molar-refractivity contribution < 1.29 is 14.1 Å². The maximum atomic E-state index is 13.0. The van der Waals surface area contributed by atoms with Gasteiger partial charge in [-0.05, 0) is 31.4 Å². The monoisotopic (exact) mass is 310 g/mol. The average Bonchev–Trinajstić information content (AvgIpc) is 3.19. The molecule has 1 aromatic rings. The van der Waals surface area contributed by atoms with Gasteiger partial charge < -0.3 is 9.84 Å². The van der Waals surface area contributed by atoms with Crippen LogP contribution in [0.25, 0.3) is 0 Å². The molecule has 4 heteroatoms. The van der Waals surface area contributed by atoms with Crippen LogP contribution in [0.5, 0.6) is 0 Å². The number of unbranched alkanes of at least 4 members (excludes halogenated alkanes) is 1. The molecule has 1 N–H and O–H groups in total. The topological polar surface area (TPSA) is 49.8 Å². The normalized spacial score (nSPS) is 27.6. The largest absolute Gasteiger partial charge is 0.389 e. The Balaban J connectivity index is 2.25. The van der Waals surface area contributed by atoms with Crippen LogP contribution in [0, 0.1) is 12.8 Å². The van der Waals surface area contributed by atoms with Gasteiger partial charge in [0.1, 0.15) is 12.2 Å². The van der Waals surface area contributed by atoms with Crippen LogP contribution in [0.4, 0.5) is 0 Å². The van der Waals surface area contributed by atoms with Gasteiger partial charge in [-0.15, -0.1) is 0 Å². The van der Waals surface area contributed by atoms with Crippen LogP contribution >= 0.6 is 0 Å². The molecule has 0 amide bonds. The molecule has 2 rings (SSSR count). The van der Waals surface area contributed by atoms with Gasteiger partial charge in [-0.2, -0.15) is 0 Å². The summed E-state index contributed by atoms with van der Waals surface area (Å²) >= 11 is 0. The highest BCUT2D eigenvalue weighted by atomic mass is 32.2. The first kappa shape index (κ1) is 16.7. The molecule has 1 aliphatic rings. The highest BCUT2D eigenvalue weighted by molar-refractivity contribution is 7.86. The zero-order chi connectivity index (χ0) is 15.6. The summed E-state index contributed by atoms with van der Waals surface area (Å²) in [6, 6.07) is 7.65. The first-order chi connectivity index (χ1) is 9.93. The lowest BCUT2D eigenvalue weighted by molar-refractivity contribution is 0.0764. The minimum absolute atomic E-state index is 0.0195. The van der Waals surface area contributed by atoms with Gasteiger partial charge in [0, 0.05) is 4.90 Å². The van der Waals surface area contributed by atoms with Gasteiger partial charge in [-0.1, -0.05) is 51.3 Å². The van der Waals surface area contributed by atoms with Gasteiger partial charge in [0.25, 0.3) is 0 Å². The molecule has 0 aromatic heterocycles. The van der Waals surface area contributed by atoms with Gasteiger partial charge in [0.15, 0.2) is 4.93 Å². The van der Waals surface area contributed by atoms with E-state index in [0.29, 0.717) is 0 Å². The maximum absolute atomic E-state index is 13.0. The zero-order valence-corrected chi connectivity index (χ0v) is 14.2. The Morgan fingerprint density at radius 3 is 2.48 bits per heavy atom. The van der Waals surface area contributed by atoms with Crippen molar-refractivity contribution in [1.82, 2.24) is 0 Å². The van der Waals surface area contributed by atoms with Crippen molar-refractivity contribution >= 4 is 10.8 Å². The van der Waals surface area contributed by atoms with Crippen LogP contribution in [-0.2, 0) is 15.5 Å². The van der Waals surface area contributed by atoms with Crippen LogP contribution in [0.1, 0.15) is 45.6 Å². The first-order valence-corrected chi connectivity index (χ1v) is 8.92. The van der Waals surface area contributed by atoms with E-state index in [9.17, 15) is 9.32 Å². The summed E-state index contributed by atoms with van der Waals surface area (Å²) < 4.78 is 18.8. The Bertz CT molecular complexity index is 497. The number of aliphatic hydroxyl groups is 1. The third-order valence-corrected chi connectivity index (χ3v) is 5.99. The third-order valence-electron chi connectivity index (χ3n) is 4.11. The second-order valence-electron chi connectivity index (χ2n) is 6.24. The van der Waals surface area contributed by atoms with E-state index in [0.717, 1.165) is 29.7 Å². The predicted octanol–water partition coefficient (Wildman–Crippen LogP) is 3.40. The van der Waals surface area contributed by atoms with Crippen molar-refractivity contribution in [3.63, 3.8) is 0 Å². The standard InChI is InChI=1S/C17H26O3S/c1-5-6-7-15-17(20-15,16(18)12(2)3)21(19)14-10-8-13(4)9-11-14/h8-12,15-16,18H,5-7H2,1-4H3/t15-,16-,17+,21-/m0/s1. The minimum Gasteiger partial charge on any atom is -0.389 e. The zero-order valence-electron chi connectivity index (χ0n) is 13.3. The lowest BCUT2D eigenvalue weighted by atomic mass is 10.00. The summed E-state index contributed by atoms with van der Waals surface area (Å²) in [6.45, 7) is 8.01. The quantitative estimate of drug-likeness (QED) is 0.785. The maximum Gasteiger partial charge on any atom is 0.199 e. The van der Waals surface area contributed by atoms with Crippen LogP contribution in [0.2, 0.25) is 0 Å². The van der Waals surface area contributed by atoms with E-state index in [2.05, 4.69) is 6.92 Å². The lowest BCUT2D eigenvalue weighted by Gasteiger charge is -2.23. The average molecular weight is 310 g/mol. The van der Waals surface area contributed by atoms with E-state index in [1.54, 1.807) is 0 Å². The fourth-order valence-corrected chi connectivity index (χ4v) is 4.48. The lowest BCUT2D eigenvalue weighted by Crippen LogP contribution is -2.40. The smallest absolute Gasteiger partial charge is 0.199 e. The van der Waals surface area contributed by atoms with Crippen molar-refractivity contribution in [2.75, 3.05) is 0 Å². The van der Waals surface area contributed by atoms with Crippen LogP contribution < -0.4 is 0 Å². The summed E-state index contributed by atoms with van der Waals surface area (Å²) in [5.74, 6) is 0.0195. The Morgan fingerprint density at radius 1 is 1.33 bits per heavy atom. The van der Waals surface area contributed by atoms with Crippen molar-refractivity contribution in [1.29, 1.82) is 0 Å². The third kappa shape index (κ3) is 3.22. The molecule has 0 unspecified atom stereocenters. The number of aryl methyl sites for hydroxylation is 1. The summed E-state index contributed by atoms with van der Waals surface area (Å²) in [5.41, 5.74) is 1.13. The molecule has 1 aliphatic heterocycles. The number of rotatable bonds is 7. The second kappa shape index (κ2) is 6.59. The van der Waals surface area contributed by atoms with Gasteiger partial charge in [0.05, 0.1) is 10.8 Å². The van der Waals surface area contributed by atoms with Gasteiger partial charge >= 0.3 is 0 Å². The van der Waals surface area contributed by atoms with E-state index in [1.165, 1.54) is 0 Å². The molecular formula is C17H26O3S. The van der Waals surface area contributed by atoms with E-state index in [-0.39, 0.29) is 12.0 Å². The molecule has 0 radical (unpaired) electrons. The summed E-state index contributed by atoms with van der Waals surface area (Å²) in [6.07, 6.45) is 2.16. The summed E-state index contributed by atoms with van der Waals surface area (Å²) in [5, 5.41) is 10.6. The molecule has 0 saturated carbocycles. The highest BCUT2D eigenvalue weighted by Crippen LogP contribution is 2.49. The number of aliphatic hydroxyl groups excluding tert-OH is 1. The highest BCUT2D eigenvalue weighted by Gasteiger charge is 2.66. The molecule has 0 aliphatic carbocycles. The Morgan fingerprint density at radius 2 is 1.95 bits per heavy atom. The SMILES string of the molecule is CCCC[C@@H]1O[C@@]1([C@@H](O)C(C)C)[S@@](=O)c1ccc(C)cc1. The van der Waals surface area contributed by atoms with Gasteiger partial charge in [0.2, 0.25) is 0 Å². The Labute approximate surface area is 130 Å². The van der Waals surface area contributed by atoms with E-state index >= 15 is 0 Å². The predicted molar refractivity (Wildman–Crippen MR) is 85.6 cm³/mol. The molecular weight excluding hydrogens is 284 g/mol. The van der Waals surface area contributed by atoms with Crippen molar-refractivity contribution in [3.05, 3.63) is 29.8 Å². The number of epoxide rings is 1. The van der Waals surface area contributed by atoms with Crippen molar-refractivity contribution in [3.8, 4) is 0 Å². The fourth-order valence-electron chi connectivity index (χ4n) is 2.68. The molecule has 1 aromatic carbocycles. The molecule has 1 saturated heterocycles. The van der Waals surface area contributed by atoms with Crippen LogP contribution in [-0.4, -0.2) is 26.5 Å². The number of hydrogen-bond donors (Lipinski definition) is 1. The Hall–Kier alpha value is -0.710. The second-order valence-corrected chi connectivity index (χ2v) is 7.89. The van der Waals surface area contributed by atoms with Crippen molar-refractivity contribution in [2.24, 2.45) is 5.92 Å². The molecule has 1 heterocycles. The summed E-state index contributed by atoms with van der Waals surface area (Å²) in [4.78, 5) is -0.183. The Kier molecular flexibility index (Phi) is 5.23. The number of hydrogen-bond acceptors (Lipinski definition) is 3. The molecule has 0 bridgehead atoms. The molecule has 118 valence electrons. The van der Waals surface area contributed by atoms with E-state index in [4.69, 9.17) is 4.74 Å². The first-order valence-electron chi connectivity index (χ1n) is 7.78. The molecule has 1 fully saturated rings. The van der Waals surface area contributed by atoms with E-state index in [1.807, 2.05) is 45.0 Å².